The van der Waals surface area contributed by atoms with Gasteiger partial charge in [-0.1, -0.05) is 24.3 Å². The summed E-state index contributed by atoms with van der Waals surface area (Å²) >= 11 is 0. The first-order valence-corrected chi connectivity index (χ1v) is 9.49. The minimum Gasteiger partial charge on any atom is -0.483 e. The molecule has 0 aliphatic carbocycles. The molecule has 1 atom stereocenters. The largest absolute Gasteiger partial charge is 0.483 e. The molecule has 2 aliphatic heterocycles. The maximum atomic E-state index is 13.1. The van der Waals surface area contributed by atoms with Gasteiger partial charge in [0.2, 0.25) is 5.91 Å². The van der Waals surface area contributed by atoms with E-state index in [1.54, 1.807) is 11.0 Å². The lowest BCUT2D eigenvalue weighted by Crippen LogP contribution is -2.41. The third-order valence-electron chi connectivity index (χ3n) is 5.03. The Kier molecular flexibility index (Phi) is 4.49. The summed E-state index contributed by atoms with van der Waals surface area (Å²) in [5, 5.41) is 2.86. The number of hydrogen-bond acceptors (Lipinski definition) is 4. The van der Waals surface area contributed by atoms with Crippen LogP contribution in [0, 0.1) is 0 Å². The maximum Gasteiger partial charge on any atom is 0.265 e. The van der Waals surface area contributed by atoms with Crippen LogP contribution in [0.3, 0.4) is 0 Å². The fraction of sp³-hybridized carbons (Fsp3) is 0.364. The van der Waals surface area contributed by atoms with Gasteiger partial charge in [0.1, 0.15) is 5.60 Å². The molecule has 0 saturated carbocycles. The van der Waals surface area contributed by atoms with E-state index < -0.39 is 0 Å². The Balaban J connectivity index is 1.55. The molecule has 0 spiro atoms. The third kappa shape index (κ3) is 3.42. The van der Waals surface area contributed by atoms with Gasteiger partial charge in [0.25, 0.3) is 5.91 Å². The molecule has 2 amide bonds. The molecule has 2 aromatic carbocycles. The predicted octanol–water partition coefficient (Wildman–Crippen LogP) is 3.54. The van der Waals surface area contributed by atoms with Gasteiger partial charge in [0, 0.05) is 24.4 Å². The van der Waals surface area contributed by atoms with Crippen molar-refractivity contribution in [3.63, 3.8) is 0 Å². The van der Waals surface area contributed by atoms with Crippen LogP contribution in [-0.2, 0) is 16.0 Å². The van der Waals surface area contributed by atoms with Crippen molar-refractivity contribution in [3.8, 4) is 11.5 Å². The number of nitrogens with zero attached hydrogens (tertiary/aromatic N) is 1. The number of rotatable bonds is 3. The second kappa shape index (κ2) is 6.86. The number of amides is 2. The molecular weight excluding hydrogens is 356 g/mol. The van der Waals surface area contributed by atoms with Gasteiger partial charge in [-0.05, 0) is 39.0 Å². The van der Waals surface area contributed by atoms with E-state index in [-0.39, 0.29) is 36.5 Å². The van der Waals surface area contributed by atoms with E-state index in [0.29, 0.717) is 22.9 Å². The molecule has 2 aliphatic rings. The zero-order chi connectivity index (χ0) is 19.9. The third-order valence-corrected chi connectivity index (χ3v) is 5.03. The molecule has 2 heterocycles. The second-order valence-electron chi connectivity index (χ2n) is 7.95. The Morgan fingerprint density at radius 1 is 1.25 bits per heavy atom. The summed E-state index contributed by atoms with van der Waals surface area (Å²) in [5.41, 5.74) is 2.12. The topological polar surface area (TPSA) is 67.9 Å². The number of ether oxygens (including phenoxy) is 2. The average molecular weight is 380 g/mol. The van der Waals surface area contributed by atoms with Crippen molar-refractivity contribution in [3.05, 3.63) is 48.0 Å². The number of para-hydroxylation sites is 3. The Bertz CT molecular complexity index is 938. The highest BCUT2D eigenvalue weighted by atomic mass is 16.5. The summed E-state index contributed by atoms with van der Waals surface area (Å²) in [7, 11) is 0. The molecule has 0 bridgehead atoms. The number of fused-ring (bicyclic) bond motifs is 2. The van der Waals surface area contributed by atoms with Crippen LogP contribution in [0.2, 0.25) is 0 Å². The van der Waals surface area contributed by atoms with Gasteiger partial charge in [-0.2, -0.15) is 0 Å². The number of benzene rings is 2. The van der Waals surface area contributed by atoms with E-state index in [0.717, 1.165) is 12.0 Å². The normalized spacial score (nSPS) is 19.8. The summed E-state index contributed by atoms with van der Waals surface area (Å²) < 4.78 is 11.9. The van der Waals surface area contributed by atoms with Crippen molar-refractivity contribution in [2.75, 3.05) is 16.8 Å². The molecule has 0 aromatic heterocycles. The number of carbonyl (C=O) groups is 2. The summed E-state index contributed by atoms with van der Waals surface area (Å²) in [6.07, 6.45) is 1.04. The predicted molar refractivity (Wildman–Crippen MR) is 107 cm³/mol. The first-order valence-electron chi connectivity index (χ1n) is 9.49. The van der Waals surface area contributed by atoms with Crippen LogP contribution in [0.5, 0.6) is 11.5 Å². The highest BCUT2D eigenvalue weighted by Gasteiger charge is 2.33. The lowest BCUT2D eigenvalue weighted by atomic mass is 10.0. The fourth-order valence-electron chi connectivity index (χ4n) is 3.88. The van der Waals surface area contributed by atoms with Gasteiger partial charge < -0.3 is 19.7 Å². The molecule has 6 nitrogen and oxygen atoms in total. The van der Waals surface area contributed by atoms with Crippen LogP contribution < -0.4 is 19.7 Å². The van der Waals surface area contributed by atoms with Crippen LogP contribution in [0.25, 0.3) is 0 Å². The van der Waals surface area contributed by atoms with Gasteiger partial charge in [-0.3, -0.25) is 9.59 Å². The molecule has 146 valence electrons. The van der Waals surface area contributed by atoms with Crippen LogP contribution in [0.1, 0.15) is 32.8 Å². The Morgan fingerprint density at radius 2 is 2.04 bits per heavy atom. The lowest BCUT2D eigenvalue weighted by molar-refractivity contribution is -0.121. The number of nitrogens with one attached hydrogen (secondary N) is 1. The molecule has 6 heteroatoms. The van der Waals surface area contributed by atoms with E-state index in [1.807, 2.05) is 57.2 Å². The Morgan fingerprint density at radius 3 is 2.86 bits per heavy atom. The van der Waals surface area contributed by atoms with Crippen molar-refractivity contribution in [1.82, 2.24) is 0 Å². The standard InChI is InChI=1S/C22H24N2O4/c1-14-11-19(25)23-16-8-4-5-9-17(16)24(14)20(26)13-27-18-10-6-7-15-12-22(2,3)28-21(15)18/h4-10,14H,11-13H2,1-3H3,(H,23,25)/t14-/m1/s1. The van der Waals surface area contributed by atoms with Crippen LogP contribution >= 0.6 is 0 Å². The summed E-state index contributed by atoms with van der Waals surface area (Å²) in [6, 6.07) is 12.8. The van der Waals surface area contributed by atoms with Crippen molar-refractivity contribution >= 4 is 23.2 Å². The van der Waals surface area contributed by atoms with Gasteiger partial charge in [-0.25, -0.2) is 0 Å². The van der Waals surface area contributed by atoms with E-state index in [9.17, 15) is 9.59 Å². The Hall–Kier alpha value is -3.02. The molecule has 0 fully saturated rings. The maximum absolute atomic E-state index is 13.1. The SMILES string of the molecule is C[C@@H]1CC(=O)Nc2ccccc2N1C(=O)COc1cccc2c1OC(C)(C)C2. The lowest BCUT2D eigenvalue weighted by Gasteiger charge is -2.28. The summed E-state index contributed by atoms with van der Waals surface area (Å²) in [5.74, 6) is 0.974. The molecule has 0 saturated heterocycles. The van der Waals surface area contributed by atoms with Crippen molar-refractivity contribution in [2.24, 2.45) is 0 Å². The Labute approximate surface area is 164 Å². The zero-order valence-electron chi connectivity index (χ0n) is 16.3. The van der Waals surface area contributed by atoms with Crippen LogP contribution in [0.4, 0.5) is 11.4 Å². The second-order valence-corrected chi connectivity index (χ2v) is 7.95. The summed E-state index contributed by atoms with van der Waals surface area (Å²) in [6.45, 7) is 5.79. The van der Waals surface area contributed by atoms with E-state index in [4.69, 9.17) is 9.47 Å². The van der Waals surface area contributed by atoms with Crippen LogP contribution in [-0.4, -0.2) is 30.1 Å². The highest BCUT2D eigenvalue weighted by Crippen LogP contribution is 2.41. The van der Waals surface area contributed by atoms with E-state index in [1.165, 1.54) is 0 Å². The molecule has 28 heavy (non-hydrogen) atoms. The van der Waals surface area contributed by atoms with Crippen molar-refractivity contribution in [1.29, 1.82) is 0 Å². The zero-order valence-corrected chi connectivity index (χ0v) is 16.3. The molecule has 2 aromatic rings. The number of hydrogen-bond donors (Lipinski definition) is 1. The molecule has 1 N–H and O–H groups in total. The van der Waals surface area contributed by atoms with Gasteiger partial charge in [-0.15, -0.1) is 0 Å². The first-order chi connectivity index (χ1) is 13.3. The number of carbonyl (C=O) groups excluding carboxylic acids is 2. The molecule has 0 radical (unpaired) electrons. The highest BCUT2D eigenvalue weighted by molar-refractivity contribution is 6.04. The van der Waals surface area contributed by atoms with Gasteiger partial charge in [0.15, 0.2) is 18.1 Å². The van der Waals surface area contributed by atoms with Crippen LogP contribution in [0.15, 0.2) is 42.5 Å². The minimum atomic E-state index is -0.282. The van der Waals surface area contributed by atoms with E-state index in [2.05, 4.69) is 5.32 Å². The summed E-state index contributed by atoms with van der Waals surface area (Å²) in [4.78, 5) is 26.8. The molecule has 4 rings (SSSR count). The smallest absolute Gasteiger partial charge is 0.265 e. The molecule has 0 unspecified atom stereocenters. The van der Waals surface area contributed by atoms with Crippen molar-refractivity contribution in [2.45, 2.75) is 45.3 Å². The quantitative estimate of drug-likeness (QED) is 0.884. The molecular formula is C22H24N2O4. The van der Waals surface area contributed by atoms with Gasteiger partial charge >= 0.3 is 0 Å². The van der Waals surface area contributed by atoms with E-state index >= 15 is 0 Å². The monoisotopic (exact) mass is 380 g/mol. The fourth-order valence-corrected chi connectivity index (χ4v) is 3.88. The van der Waals surface area contributed by atoms with Gasteiger partial charge in [0.05, 0.1) is 11.4 Å². The number of anilines is 2. The van der Waals surface area contributed by atoms with Crippen molar-refractivity contribution < 1.29 is 19.1 Å². The average Bonchev–Trinajstić information content (AvgIpc) is 2.88. The minimum absolute atomic E-state index is 0.104. The first kappa shape index (κ1) is 18.3.